The van der Waals surface area contributed by atoms with Gasteiger partial charge in [0, 0.05) is 0 Å². The number of imidazole rings is 1. The Bertz CT molecular complexity index is 614. The van der Waals surface area contributed by atoms with Crippen molar-refractivity contribution in [1.82, 2.24) is 19.5 Å². The van der Waals surface area contributed by atoms with Gasteiger partial charge in [-0.05, 0) is 0 Å². The Hall–Kier alpha value is -0.810. The number of rotatable bonds is 2. The number of hydrogen-bond acceptors (Lipinski definition) is 8. The number of anilines is 1. The summed E-state index contributed by atoms with van der Waals surface area (Å²) < 4.78 is 6.85. The molecule has 2 aromatic rings. The third kappa shape index (κ3) is 2.31. The van der Waals surface area contributed by atoms with Gasteiger partial charge in [0.25, 0.3) is 0 Å². The number of ether oxygens (including phenoxy) is 1. The Balaban J connectivity index is 0.00000110. The van der Waals surface area contributed by atoms with Crippen LogP contribution in [0.4, 0.5) is 5.82 Å². The van der Waals surface area contributed by atoms with Gasteiger partial charge in [0.1, 0.15) is 30.2 Å². The van der Waals surface area contributed by atoms with Crippen molar-refractivity contribution >= 4 is 17.0 Å². The van der Waals surface area contributed by atoms with Gasteiger partial charge in [-0.2, -0.15) is 0 Å². The molecule has 20 heavy (non-hydrogen) atoms. The van der Waals surface area contributed by atoms with Crippen LogP contribution in [0.5, 0.6) is 0 Å². The third-order valence-corrected chi connectivity index (χ3v) is 3.18. The van der Waals surface area contributed by atoms with Gasteiger partial charge in [-0.25, -0.2) is 15.0 Å². The van der Waals surface area contributed by atoms with E-state index in [-0.39, 0.29) is 36.8 Å². The zero-order chi connectivity index (χ0) is 13.6. The number of nitrogens with two attached hydrogens (primary N) is 1. The topological polar surface area (TPSA) is 140 Å². The molecule has 0 spiro atoms. The Kier molecular flexibility index (Phi) is 4.59. The van der Waals surface area contributed by atoms with Crippen molar-refractivity contribution in [2.75, 3.05) is 12.3 Å². The Labute approximate surface area is 137 Å². The molecule has 1 fully saturated rings. The fourth-order valence-corrected chi connectivity index (χ4v) is 2.17. The van der Waals surface area contributed by atoms with Crippen molar-refractivity contribution < 1.29 is 51.0 Å². The van der Waals surface area contributed by atoms with Crippen LogP contribution in [0, 0.1) is 0 Å². The minimum atomic E-state index is -1.19. The number of hydrogen-bond donors (Lipinski definition) is 4. The molecule has 1 aliphatic heterocycles. The smallest absolute Gasteiger partial charge is 1.00 e. The van der Waals surface area contributed by atoms with E-state index in [1.54, 1.807) is 0 Å². The monoisotopic (exact) mass is 291 g/mol. The maximum atomic E-state index is 9.95. The summed E-state index contributed by atoms with van der Waals surface area (Å²) in [5.74, 6) is 0.218. The Morgan fingerprint density at radius 2 is 2.05 bits per heavy atom. The zero-order valence-electron chi connectivity index (χ0n) is 11.8. The van der Waals surface area contributed by atoms with E-state index in [4.69, 9.17) is 15.6 Å². The molecule has 3 heterocycles. The molecular formula is C10H14N5NaO4. The Morgan fingerprint density at radius 1 is 1.30 bits per heavy atom. The molecule has 0 radical (unpaired) electrons. The van der Waals surface area contributed by atoms with Crippen LogP contribution in [-0.4, -0.2) is 59.8 Å². The molecule has 1 saturated heterocycles. The summed E-state index contributed by atoms with van der Waals surface area (Å²) in [4.78, 5) is 11.9. The van der Waals surface area contributed by atoms with Crippen molar-refractivity contribution in [2.45, 2.75) is 24.5 Å². The molecule has 10 heteroatoms. The van der Waals surface area contributed by atoms with Crippen LogP contribution in [-0.2, 0) is 4.74 Å². The first-order valence-electron chi connectivity index (χ1n) is 5.69. The molecular weight excluding hydrogens is 277 g/mol. The van der Waals surface area contributed by atoms with Crippen LogP contribution in [0.1, 0.15) is 7.65 Å². The summed E-state index contributed by atoms with van der Waals surface area (Å²) in [6.45, 7) is -0.390. The first kappa shape index (κ1) is 15.6. The molecule has 0 bridgehead atoms. The normalized spacial score (nSPS) is 29.6. The summed E-state index contributed by atoms with van der Waals surface area (Å²) in [5, 5.41) is 28.7. The van der Waals surface area contributed by atoms with Crippen molar-refractivity contribution in [2.24, 2.45) is 0 Å². The average molecular weight is 291 g/mol. The van der Waals surface area contributed by atoms with Crippen LogP contribution in [0.3, 0.4) is 0 Å². The van der Waals surface area contributed by atoms with Crippen molar-refractivity contribution in [1.29, 1.82) is 0 Å². The quantitative estimate of drug-likeness (QED) is 0.404. The van der Waals surface area contributed by atoms with Gasteiger partial charge in [0.15, 0.2) is 17.7 Å². The first-order valence-corrected chi connectivity index (χ1v) is 5.69. The summed E-state index contributed by atoms with van der Waals surface area (Å²) in [6, 6.07) is 0. The van der Waals surface area contributed by atoms with Crippen LogP contribution in [0.15, 0.2) is 12.7 Å². The number of nitrogens with zero attached hydrogens (tertiary/aromatic N) is 4. The second kappa shape index (κ2) is 5.90. The average Bonchev–Trinajstić information content (AvgIpc) is 2.94. The van der Waals surface area contributed by atoms with Gasteiger partial charge >= 0.3 is 29.6 Å². The van der Waals surface area contributed by atoms with Gasteiger partial charge < -0.3 is 27.2 Å². The molecule has 2 aromatic heterocycles. The van der Waals surface area contributed by atoms with Gasteiger partial charge in [0.05, 0.1) is 12.9 Å². The molecule has 9 nitrogen and oxygen atoms in total. The summed E-state index contributed by atoms with van der Waals surface area (Å²) in [5.41, 5.74) is 6.44. The summed E-state index contributed by atoms with van der Waals surface area (Å²) in [7, 11) is 0. The maximum Gasteiger partial charge on any atom is 1.00 e. The van der Waals surface area contributed by atoms with E-state index in [9.17, 15) is 10.2 Å². The van der Waals surface area contributed by atoms with Crippen LogP contribution in [0.2, 0.25) is 0 Å². The van der Waals surface area contributed by atoms with Gasteiger partial charge in [-0.1, -0.05) is 0 Å². The van der Waals surface area contributed by atoms with Gasteiger partial charge in [0.2, 0.25) is 0 Å². The van der Waals surface area contributed by atoms with E-state index >= 15 is 0 Å². The molecule has 1 aliphatic rings. The van der Waals surface area contributed by atoms with Crippen molar-refractivity contribution in [3.8, 4) is 0 Å². The predicted molar refractivity (Wildman–Crippen MR) is 63.9 cm³/mol. The first-order chi connectivity index (χ1) is 9.13. The summed E-state index contributed by atoms with van der Waals surface area (Å²) in [6.07, 6.45) is -1.42. The molecule has 104 valence electrons. The number of aliphatic hydroxyl groups is 3. The standard InChI is InChI=1S/C10H13N5O4.Na.H/c11-8-5-9(13-2-12-8)15(3-14-5)10-7(18)6(17)4(1-16)19-10;;/h2-4,6-7,10,16-18H,1H2,(H2,11,12,13);;/q;+1;-1/t4-,6-,7-,10-;;/m1../s1. The van der Waals surface area contributed by atoms with E-state index in [1.165, 1.54) is 17.2 Å². The molecule has 5 N–H and O–H groups in total. The fraction of sp³-hybridized carbons (Fsp3) is 0.500. The fourth-order valence-electron chi connectivity index (χ4n) is 2.17. The number of fused-ring (bicyclic) bond motifs is 1. The second-order valence-corrected chi connectivity index (χ2v) is 4.31. The molecule has 4 atom stereocenters. The predicted octanol–water partition coefficient (Wildman–Crippen LogP) is -4.86. The molecule has 3 rings (SSSR count). The third-order valence-electron chi connectivity index (χ3n) is 3.18. The van der Waals surface area contributed by atoms with Crippen molar-refractivity contribution in [3.63, 3.8) is 0 Å². The number of nitrogen functional groups attached to an aromatic ring is 1. The minimum Gasteiger partial charge on any atom is -1.00 e. The van der Waals surface area contributed by atoms with E-state index in [2.05, 4.69) is 15.0 Å². The number of aromatic nitrogens is 4. The molecule has 0 saturated carbocycles. The van der Waals surface area contributed by atoms with Crippen LogP contribution >= 0.6 is 0 Å². The second-order valence-electron chi connectivity index (χ2n) is 4.31. The zero-order valence-corrected chi connectivity index (χ0v) is 12.8. The molecule has 0 aromatic carbocycles. The van der Waals surface area contributed by atoms with E-state index in [1.807, 2.05) is 0 Å². The largest absolute Gasteiger partial charge is 1.00 e. The van der Waals surface area contributed by atoms with E-state index in [0.717, 1.165) is 0 Å². The van der Waals surface area contributed by atoms with Gasteiger partial charge in [-0.3, -0.25) is 4.57 Å². The molecule has 0 aliphatic carbocycles. The van der Waals surface area contributed by atoms with E-state index < -0.39 is 31.1 Å². The summed E-state index contributed by atoms with van der Waals surface area (Å²) >= 11 is 0. The van der Waals surface area contributed by atoms with Crippen LogP contribution < -0.4 is 35.3 Å². The van der Waals surface area contributed by atoms with Crippen molar-refractivity contribution in [3.05, 3.63) is 12.7 Å². The van der Waals surface area contributed by atoms with E-state index in [0.29, 0.717) is 11.2 Å². The van der Waals surface area contributed by atoms with Crippen LogP contribution in [0.25, 0.3) is 11.2 Å². The van der Waals surface area contributed by atoms with Gasteiger partial charge in [-0.15, -0.1) is 0 Å². The Morgan fingerprint density at radius 3 is 2.70 bits per heavy atom. The minimum absolute atomic E-state index is 0. The number of aliphatic hydroxyl groups excluding tert-OH is 3. The molecule has 0 amide bonds. The SMILES string of the molecule is Nc1ncnc2c1ncn2[C@@H]1O[C@H](CO)[C@@H](O)[C@H]1O.[H-].[Na+]. The molecule has 0 unspecified atom stereocenters. The maximum absolute atomic E-state index is 9.95.